The molecular weight excluding hydrogens is 429 g/mol. The Bertz CT molecular complexity index is 1360. The Kier molecular flexibility index (Phi) is 4.47. The van der Waals surface area contributed by atoms with Crippen LogP contribution in [0.3, 0.4) is 0 Å². The van der Waals surface area contributed by atoms with Crippen molar-refractivity contribution in [3.8, 4) is 11.5 Å². The lowest BCUT2D eigenvalue weighted by atomic mass is 10.2. The minimum atomic E-state index is -0.325. The molecule has 0 aliphatic rings. The molecule has 0 saturated carbocycles. The molecule has 1 N–H and O–H groups in total. The average Bonchev–Trinajstić information content (AvgIpc) is 3.31. The molecule has 0 aliphatic carbocycles. The number of pyridine rings is 1. The fourth-order valence-corrected chi connectivity index (χ4v) is 4.56. The molecule has 0 unspecified atom stereocenters. The number of anilines is 1. The molecule has 0 bridgehead atoms. The smallest absolute Gasteiger partial charge is 0.267 e. The summed E-state index contributed by atoms with van der Waals surface area (Å²) in [6.07, 6.45) is 1.65. The van der Waals surface area contributed by atoms with Gasteiger partial charge in [-0.1, -0.05) is 41.4 Å². The number of aromatic nitrogens is 2. The van der Waals surface area contributed by atoms with Crippen LogP contribution in [0.25, 0.3) is 32.8 Å². The van der Waals surface area contributed by atoms with E-state index in [2.05, 4.69) is 15.3 Å². The summed E-state index contributed by atoms with van der Waals surface area (Å²) >= 11 is 14.1. The molecule has 5 aromatic rings. The van der Waals surface area contributed by atoms with Crippen LogP contribution < -0.4 is 5.32 Å². The Hall–Kier alpha value is -2.93. The van der Waals surface area contributed by atoms with Gasteiger partial charge in [-0.05, 0) is 36.4 Å². The van der Waals surface area contributed by atoms with E-state index in [1.165, 1.54) is 11.3 Å². The summed E-state index contributed by atoms with van der Waals surface area (Å²) < 4.78 is 6.69. The van der Waals surface area contributed by atoms with Crippen LogP contribution >= 0.6 is 34.5 Å². The number of thiophene rings is 1. The molecule has 5 nitrogen and oxygen atoms in total. The summed E-state index contributed by atoms with van der Waals surface area (Å²) in [5.74, 6) is 0.0697. The van der Waals surface area contributed by atoms with E-state index in [1.54, 1.807) is 36.5 Å². The first-order valence-electron chi connectivity index (χ1n) is 8.60. The number of oxazole rings is 1. The summed E-state index contributed by atoms with van der Waals surface area (Å²) in [5, 5.41) is 4.52. The standard InChI is InChI=1S/C21H11Cl2N3O2S/c22-13-8-7-11(21-26-19-15(28-21)5-3-9-24-19)10-14(13)25-20(27)18-17(23)12-4-1-2-6-16(12)29-18/h1-10H,(H,25,27). The Balaban J connectivity index is 1.50. The van der Waals surface area contributed by atoms with Crippen LogP contribution in [0.15, 0.2) is 65.2 Å². The van der Waals surface area contributed by atoms with Gasteiger partial charge in [0, 0.05) is 21.8 Å². The van der Waals surface area contributed by atoms with Crippen molar-refractivity contribution >= 4 is 67.4 Å². The maximum Gasteiger partial charge on any atom is 0.267 e. The zero-order valence-electron chi connectivity index (χ0n) is 14.6. The zero-order chi connectivity index (χ0) is 20.0. The van der Waals surface area contributed by atoms with Gasteiger partial charge in [-0.3, -0.25) is 4.79 Å². The number of benzene rings is 2. The van der Waals surface area contributed by atoms with Crippen LogP contribution in [0.2, 0.25) is 10.0 Å². The van der Waals surface area contributed by atoms with Crippen LogP contribution in [0.4, 0.5) is 5.69 Å². The number of carbonyl (C=O) groups is 1. The first kappa shape index (κ1) is 18.1. The summed E-state index contributed by atoms with van der Waals surface area (Å²) in [5.41, 5.74) is 2.21. The van der Waals surface area contributed by atoms with Crippen molar-refractivity contribution in [2.24, 2.45) is 0 Å². The molecule has 0 radical (unpaired) electrons. The number of halogens is 2. The molecule has 3 aromatic heterocycles. The first-order chi connectivity index (χ1) is 14.1. The Morgan fingerprint density at radius 2 is 1.93 bits per heavy atom. The zero-order valence-corrected chi connectivity index (χ0v) is 17.0. The molecule has 0 atom stereocenters. The van der Waals surface area contributed by atoms with Crippen LogP contribution in [-0.4, -0.2) is 15.9 Å². The fraction of sp³-hybridized carbons (Fsp3) is 0. The summed E-state index contributed by atoms with van der Waals surface area (Å²) in [4.78, 5) is 21.8. The number of nitrogens with zero attached hydrogens (tertiary/aromatic N) is 2. The van der Waals surface area contributed by atoms with Crippen molar-refractivity contribution in [3.63, 3.8) is 0 Å². The maximum atomic E-state index is 12.9. The Labute approximate surface area is 178 Å². The van der Waals surface area contributed by atoms with E-state index >= 15 is 0 Å². The number of carbonyl (C=O) groups excluding carboxylic acids is 1. The van der Waals surface area contributed by atoms with Gasteiger partial charge >= 0.3 is 0 Å². The molecule has 0 spiro atoms. The monoisotopic (exact) mass is 439 g/mol. The van der Waals surface area contributed by atoms with Crippen LogP contribution in [0, 0.1) is 0 Å². The highest BCUT2D eigenvalue weighted by Crippen LogP contribution is 2.36. The van der Waals surface area contributed by atoms with Crippen molar-refractivity contribution in [2.75, 3.05) is 5.32 Å². The van der Waals surface area contributed by atoms with Crippen molar-refractivity contribution in [1.82, 2.24) is 9.97 Å². The van der Waals surface area contributed by atoms with Crippen molar-refractivity contribution in [1.29, 1.82) is 0 Å². The summed E-state index contributed by atoms with van der Waals surface area (Å²) in [7, 11) is 0. The quantitative estimate of drug-likeness (QED) is 0.341. The van der Waals surface area contributed by atoms with Crippen LogP contribution in [0.5, 0.6) is 0 Å². The SMILES string of the molecule is O=C(Nc1cc(-c2nc3ncccc3o2)ccc1Cl)c1sc2ccccc2c1Cl. The second-order valence-electron chi connectivity index (χ2n) is 6.23. The highest BCUT2D eigenvalue weighted by atomic mass is 35.5. The van der Waals surface area contributed by atoms with Gasteiger partial charge < -0.3 is 9.73 Å². The highest BCUT2D eigenvalue weighted by Gasteiger charge is 2.19. The van der Waals surface area contributed by atoms with Gasteiger partial charge in [-0.2, -0.15) is 4.98 Å². The molecule has 1 amide bonds. The number of amides is 1. The molecule has 3 heterocycles. The Morgan fingerprint density at radius 1 is 1.07 bits per heavy atom. The first-order valence-corrected chi connectivity index (χ1v) is 10.2. The minimum Gasteiger partial charge on any atom is -0.434 e. The second kappa shape index (κ2) is 7.15. The van der Waals surface area contributed by atoms with Crippen LogP contribution in [-0.2, 0) is 0 Å². The van der Waals surface area contributed by atoms with E-state index in [0.717, 1.165) is 10.1 Å². The van der Waals surface area contributed by atoms with E-state index in [9.17, 15) is 4.79 Å². The van der Waals surface area contributed by atoms with E-state index in [-0.39, 0.29) is 5.91 Å². The molecular formula is C21H11Cl2N3O2S. The van der Waals surface area contributed by atoms with Gasteiger partial charge in [0.25, 0.3) is 5.91 Å². The van der Waals surface area contributed by atoms with Gasteiger partial charge in [0.1, 0.15) is 4.88 Å². The lowest BCUT2D eigenvalue weighted by Gasteiger charge is -2.08. The van der Waals surface area contributed by atoms with E-state index in [1.807, 2.05) is 24.3 Å². The van der Waals surface area contributed by atoms with Crippen molar-refractivity contribution < 1.29 is 9.21 Å². The number of rotatable bonds is 3. The molecule has 0 fully saturated rings. The van der Waals surface area contributed by atoms with Crippen molar-refractivity contribution in [2.45, 2.75) is 0 Å². The van der Waals surface area contributed by atoms with Gasteiger partial charge in [0.15, 0.2) is 11.2 Å². The highest BCUT2D eigenvalue weighted by molar-refractivity contribution is 7.21. The normalized spacial score (nSPS) is 11.2. The van der Waals surface area contributed by atoms with Crippen molar-refractivity contribution in [3.05, 3.63) is 75.7 Å². The van der Waals surface area contributed by atoms with Gasteiger partial charge in [0.2, 0.25) is 5.89 Å². The lowest BCUT2D eigenvalue weighted by molar-refractivity contribution is 0.103. The summed E-state index contributed by atoms with van der Waals surface area (Å²) in [6.45, 7) is 0. The number of hydrogen-bond acceptors (Lipinski definition) is 5. The molecule has 142 valence electrons. The molecule has 29 heavy (non-hydrogen) atoms. The third-order valence-corrected chi connectivity index (χ3v) is 6.37. The topological polar surface area (TPSA) is 68.0 Å². The fourth-order valence-electron chi connectivity index (χ4n) is 2.99. The lowest BCUT2D eigenvalue weighted by Crippen LogP contribution is -2.11. The molecule has 0 saturated heterocycles. The Morgan fingerprint density at radius 3 is 2.76 bits per heavy atom. The number of fused-ring (bicyclic) bond motifs is 2. The van der Waals surface area contributed by atoms with Gasteiger partial charge in [-0.15, -0.1) is 11.3 Å². The predicted octanol–water partition coefficient (Wildman–Crippen LogP) is 6.66. The summed E-state index contributed by atoms with van der Waals surface area (Å²) in [6, 6.07) is 16.4. The third kappa shape index (κ3) is 3.25. The molecule has 5 rings (SSSR count). The average molecular weight is 440 g/mol. The van der Waals surface area contributed by atoms with Crippen LogP contribution in [0.1, 0.15) is 9.67 Å². The van der Waals surface area contributed by atoms with Gasteiger partial charge in [0.05, 0.1) is 15.7 Å². The third-order valence-electron chi connectivity index (χ3n) is 4.37. The molecule has 0 aliphatic heterocycles. The van der Waals surface area contributed by atoms with E-state index in [0.29, 0.717) is 43.3 Å². The maximum absolute atomic E-state index is 12.9. The molecule has 2 aromatic carbocycles. The van der Waals surface area contributed by atoms with E-state index < -0.39 is 0 Å². The number of nitrogens with one attached hydrogen (secondary N) is 1. The minimum absolute atomic E-state index is 0.325. The molecule has 8 heteroatoms. The van der Waals surface area contributed by atoms with Gasteiger partial charge in [-0.25, -0.2) is 4.98 Å². The number of hydrogen-bond donors (Lipinski definition) is 1. The predicted molar refractivity (Wildman–Crippen MR) is 117 cm³/mol. The van der Waals surface area contributed by atoms with E-state index in [4.69, 9.17) is 27.6 Å². The largest absolute Gasteiger partial charge is 0.434 e. The second-order valence-corrected chi connectivity index (χ2v) is 8.07.